The lowest BCUT2D eigenvalue weighted by molar-refractivity contribution is -0.139. The van der Waals surface area contributed by atoms with Gasteiger partial charge in [-0.05, 0) is 44.7 Å². The van der Waals surface area contributed by atoms with Gasteiger partial charge in [-0.25, -0.2) is 0 Å². The maximum atomic E-state index is 11.4. The molecular weight excluding hydrogens is 228 g/mol. The van der Waals surface area contributed by atoms with Crippen molar-refractivity contribution in [3.63, 3.8) is 0 Å². The van der Waals surface area contributed by atoms with Crippen molar-refractivity contribution in [2.75, 3.05) is 7.11 Å². The van der Waals surface area contributed by atoms with Crippen molar-refractivity contribution in [1.29, 1.82) is 0 Å². The molecule has 1 unspecified atom stereocenters. The summed E-state index contributed by atoms with van der Waals surface area (Å²) >= 11 is 0. The van der Waals surface area contributed by atoms with Crippen LogP contribution in [0.5, 0.6) is 0 Å². The molecule has 0 aliphatic carbocycles. The van der Waals surface area contributed by atoms with Crippen LogP contribution in [0, 0.1) is 6.92 Å². The molecule has 1 N–H and O–H groups in total. The average molecular weight is 250 g/mol. The van der Waals surface area contributed by atoms with Crippen molar-refractivity contribution in [3.8, 4) is 0 Å². The maximum Gasteiger partial charge on any atom is 0.310 e. The first-order chi connectivity index (χ1) is 8.37. The number of carboxylic acids is 1. The highest BCUT2D eigenvalue weighted by Crippen LogP contribution is 2.28. The minimum Gasteiger partial charge on any atom is -0.481 e. The van der Waals surface area contributed by atoms with Gasteiger partial charge in [-0.1, -0.05) is 24.3 Å². The fraction of sp³-hybridized carbons (Fsp3) is 0.533. The monoisotopic (exact) mass is 250 g/mol. The molecule has 3 heteroatoms. The summed E-state index contributed by atoms with van der Waals surface area (Å²) in [6.45, 7) is 5.90. The number of carbonyl (C=O) groups is 1. The molecule has 0 saturated heterocycles. The van der Waals surface area contributed by atoms with Gasteiger partial charge in [0.25, 0.3) is 0 Å². The van der Waals surface area contributed by atoms with Gasteiger partial charge < -0.3 is 9.84 Å². The van der Waals surface area contributed by atoms with Crippen molar-refractivity contribution in [2.24, 2.45) is 0 Å². The van der Waals surface area contributed by atoms with Crippen LogP contribution in [-0.2, 0) is 9.53 Å². The van der Waals surface area contributed by atoms with E-state index in [-0.39, 0.29) is 5.60 Å². The van der Waals surface area contributed by atoms with Crippen LogP contribution >= 0.6 is 0 Å². The van der Waals surface area contributed by atoms with Crippen LogP contribution in [0.3, 0.4) is 0 Å². The van der Waals surface area contributed by atoms with Crippen molar-refractivity contribution >= 4 is 5.97 Å². The predicted molar refractivity (Wildman–Crippen MR) is 71.9 cm³/mol. The molecule has 1 aromatic rings. The average Bonchev–Trinajstić information content (AvgIpc) is 2.31. The Kier molecular flexibility index (Phi) is 4.91. The van der Waals surface area contributed by atoms with E-state index in [0.717, 1.165) is 17.5 Å². The molecule has 0 spiro atoms. The van der Waals surface area contributed by atoms with Gasteiger partial charge in [-0.15, -0.1) is 0 Å². The molecule has 0 aliphatic heterocycles. The lowest BCUT2D eigenvalue weighted by Crippen LogP contribution is -2.25. The molecule has 0 aromatic heterocycles. The van der Waals surface area contributed by atoms with Gasteiger partial charge in [0.2, 0.25) is 0 Å². The Balaban J connectivity index is 2.85. The first kappa shape index (κ1) is 14.7. The Bertz CT molecular complexity index is 410. The Labute approximate surface area is 109 Å². The summed E-state index contributed by atoms with van der Waals surface area (Å²) in [7, 11) is 1.66. The highest BCUT2D eigenvalue weighted by atomic mass is 16.5. The molecule has 1 atom stereocenters. The second-order valence-electron chi connectivity index (χ2n) is 5.25. The van der Waals surface area contributed by atoms with Crippen LogP contribution in [-0.4, -0.2) is 23.8 Å². The van der Waals surface area contributed by atoms with E-state index in [0.29, 0.717) is 6.42 Å². The standard InChI is InChI=1S/C15H22O3/c1-11-7-5-6-8-12(11)13(14(16)17)9-10-15(2,3)18-4/h5-8,13H,9-10H2,1-4H3,(H,16,17). The Morgan fingerprint density at radius 1 is 1.39 bits per heavy atom. The van der Waals surface area contributed by atoms with Gasteiger partial charge in [0.15, 0.2) is 0 Å². The molecule has 0 bridgehead atoms. The van der Waals surface area contributed by atoms with Crippen molar-refractivity contribution < 1.29 is 14.6 Å². The molecule has 0 amide bonds. The van der Waals surface area contributed by atoms with Crippen LogP contribution in [0.2, 0.25) is 0 Å². The summed E-state index contributed by atoms with van der Waals surface area (Å²) in [6, 6.07) is 7.66. The van der Waals surface area contributed by atoms with Gasteiger partial charge in [0.1, 0.15) is 0 Å². The largest absolute Gasteiger partial charge is 0.481 e. The highest BCUT2D eigenvalue weighted by molar-refractivity contribution is 5.76. The first-order valence-electron chi connectivity index (χ1n) is 6.21. The first-order valence-corrected chi connectivity index (χ1v) is 6.21. The summed E-state index contributed by atoms with van der Waals surface area (Å²) in [5, 5.41) is 9.38. The SMILES string of the molecule is COC(C)(C)CCC(C(=O)O)c1ccccc1C. The van der Waals surface area contributed by atoms with E-state index >= 15 is 0 Å². The highest BCUT2D eigenvalue weighted by Gasteiger charge is 2.25. The number of hydrogen-bond acceptors (Lipinski definition) is 2. The fourth-order valence-electron chi connectivity index (χ4n) is 1.98. The van der Waals surface area contributed by atoms with Crippen molar-refractivity contribution in [2.45, 2.75) is 45.1 Å². The normalized spacial score (nSPS) is 13.3. The van der Waals surface area contributed by atoms with E-state index in [9.17, 15) is 9.90 Å². The maximum absolute atomic E-state index is 11.4. The number of aryl methyl sites for hydroxylation is 1. The Morgan fingerprint density at radius 3 is 2.50 bits per heavy atom. The molecule has 100 valence electrons. The molecule has 18 heavy (non-hydrogen) atoms. The second kappa shape index (κ2) is 6.01. The summed E-state index contributed by atoms with van der Waals surface area (Å²) in [4.78, 5) is 11.4. The summed E-state index contributed by atoms with van der Waals surface area (Å²) < 4.78 is 5.34. The molecular formula is C15H22O3. The lowest BCUT2D eigenvalue weighted by atomic mass is 9.87. The number of methoxy groups -OCH3 is 1. The molecule has 1 aromatic carbocycles. The zero-order chi connectivity index (χ0) is 13.8. The molecule has 1 rings (SSSR count). The number of benzene rings is 1. The predicted octanol–water partition coefficient (Wildman–Crippen LogP) is 3.37. The van der Waals surface area contributed by atoms with Gasteiger partial charge in [0, 0.05) is 7.11 Å². The summed E-state index contributed by atoms with van der Waals surface area (Å²) in [5.41, 5.74) is 1.65. The molecule has 0 aliphatic rings. The third-order valence-electron chi connectivity index (χ3n) is 3.45. The Hall–Kier alpha value is -1.35. The molecule has 0 radical (unpaired) electrons. The minimum atomic E-state index is -0.767. The zero-order valence-electron chi connectivity index (χ0n) is 11.6. The van der Waals surface area contributed by atoms with Crippen LogP contribution < -0.4 is 0 Å². The van der Waals surface area contributed by atoms with E-state index in [4.69, 9.17) is 4.74 Å². The van der Waals surface area contributed by atoms with E-state index in [1.54, 1.807) is 7.11 Å². The van der Waals surface area contributed by atoms with Gasteiger partial charge >= 0.3 is 5.97 Å². The van der Waals surface area contributed by atoms with Gasteiger partial charge in [-0.2, -0.15) is 0 Å². The zero-order valence-corrected chi connectivity index (χ0v) is 11.6. The van der Waals surface area contributed by atoms with Gasteiger partial charge in [-0.3, -0.25) is 4.79 Å². The quantitative estimate of drug-likeness (QED) is 0.842. The van der Waals surface area contributed by atoms with Crippen molar-refractivity contribution in [1.82, 2.24) is 0 Å². The summed E-state index contributed by atoms with van der Waals surface area (Å²) in [5.74, 6) is -1.23. The number of ether oxygens (including phenoxy) is 1. The molecule has 0 fully saturated rings. The van der Waals surface area contributed by atoms with Crippen LogP contribution in [0.25, 0.3) is 0 Å². The number of rotatable bonds is 6. The number of aliphatic carboxylic acids is 1. The smallest absolute Gasteiger partial charge is 0.310 e. The van der Waals surface area contributed by atoms with Crippen LogP contribution in [0.1, 0.15) is 43.7 Å². The van der Waals surface area contributed by atoms with Crippen molar-refractivity contribution in [3.05, 3.63) is 35.4 Å². The van der Waals surface area contributed by atoms with Gasteiger partial charge in [0.05, 0.1) is 11.5 Å². The van der Waals surface area contributed by atoms with E-state index in [2.05, 4.69) is 0 Å². The molecule has 0 heterocycles. The second-order valence-corrected chi connectivity index (χ2v) is 5.25. The van der Waals surface area contributed by atoms with E-state index in [1.165, 1.54) is 0 Å². The third-order valence-corrected chi connectivity index (χ3v) is 3.45. The molecule has 3 nitrogen and oxygen atoms in total. The number of carboxylic acid groups (broad SMARTS) is 1. The van der Waals surface area contributed by atoms with E-state index < -0.39 is 11.9 Å². The Morgan fingerprint density at radius 2 is 2.00 bits per heavy atom. The fourth-order valence-corrected chi connectivity index (χ4v) is 1.98. The van der Waals surface area contributed by atoms with Crippen LogP contribution in [0.4, 0.5) is 0 Å². The molecule has 0 saturated carbocycles. The number of hydrogen-bond donors (Lipinski definition) is 1. The third kappa shape index (κ3) is 3.84. The van der Waals surface area contributed by atoms with Crippen LogP contribution in [0.15, 0.2) is 24.3 Å². The summed E-state index contributed by atoms with van der Waals surface area (Å²) in [6.07, 6.45) is 1.30. The topological polar surface area (TPSA) is 46.5 Å². The van der Waals surface area contributed by atoms with E-state index in [1.807, 2.05) is 45.0 Å². The lowest BCUT2D eigenvalue weighted by Gasteiger charge is -2.25. The minimum absolute atomic E-state index is 0.281.